The van der Waals surface area contributed by atoms with Crippen molar-refractivity contribution in [2.45, 2.75) is 6.92 Å². The monoisotopic (exact) mass is 441 g/mol. The van der Waals surface area contributed by atoms with Crippen molar-refractivity contribution in [3.8, 4) is 17.6 Å². The molecule has 33 heavy (non-hydrogen) atoms. The maximum Gasteiger partial charge on any atom is 0.266 e. The molecular formula is C26H23N3O4. The summed E-state index contributed by atoms with van der Waals surface area (Å²) >= 11 is 0. The molecule has 0 aliphatic rings. The van der Waals surface area contributed by atoms with Gasteiger partial charge in [-0.15, -0.1) is 0 Å². The highest BCUT2D eigenvalue weighted by Gasteiger charge is 2.10. The van der Waals surface area contributed by atoms with Crippen LogP contribution in [0.25, 0.3) is 6.08 Å². The molecule has 0 heterocycles. The van der Waals surface area contributed by atoms with Crippen molar-refractivity contribution >= 4 is 29.3 Å². The van der Waals surface area contributed by atoms with Crippen LogP contribution in [0.15, 0.2) is 84.4 Å². The van der Waals surface area contributed by atoms with Gasteiger partial charge in [-0.2, -0.15) is 5.26 Å². The predicted molar refractivity (Wildman–Crippen MR) is 127 cm³/mol. The Balaban J connectivity index is 1.53. The van der Waals surface area contributed by atoms with Crippen LogP contribution in [-0.2, 0) is 9.59 Å². The number of carbonyl (C=O) groups is 2. The number of anilines is 2. The van der Waals surface area contributed by atoms with Gasteiger partial charge in [-0.25, -0.2) is 0 Å². The molecule has 0 spiro atoms. The second kappa shape index (κ2) is 11.7. The molecule has 0 fully saturated rings. The van der Waals surface area contributed by atoms with Crippen LogP contribution in [0, 0.1) is 11.3 Å². The Bertz CT molecular complexity index is 1150. The predicted octanol–water partition coefficient (Wildman–Crippen LogP) is 4.65. The van der Waals surface area contributed by atoms with Gasteiger partial charge >= 0.3 is 0 Å². The van der Waals surface area contributed by atoms with Crippen molar-refractivity contribution in [2.75, 3.05) is 23.8 Å². The molecule has 3 rings (SSSR count). The van der Waals surface area contributed by atoms with E-state index in [2.05, 4.69) is 10.6 Å². The molecule has 2 N–H and O–H groups in total. The molecule has 3 aromatic carbocycles. The van der Waals surface area contributed by atoms with E-state index in [0.29, 0.717) is 29.3 Å². The van der Waals surface area contributed by atoms with Crippen LogP contribution in [0.3, 0.4) is 0 Å². The topological polar surface area (TPSA) is 100 Å². The lowest BCUT2D eigenvalue weighted by atomic mass is 10.1. The molecule has 0 aliphatic carbocycles. The maximum absolute atomic E-state index is 12.3. The summed E-state index contributed by atoms with van der Waals surface area (Å²) in [4.78, 5) is 24.4. The molecule has 7 nitrogen and oxygen atoms in total. The smallest absolute Gasteiger partial charge is 0.266 e. The van der Waals surface area contributed by atoms with Crippen LogP contribution < -0.4 is 20.1 Å². The van der Waals surface area contributed by atoms with Gasteiger partial charge in [0.25, 0.3) is 11.8 Å². The van der Waals surface area contributed by atoms with Crippen molar-refractivity contribution in [3.63, 3.8) is 0 Å². The van der Waals surface area contributed by atoms with Gasteiger partial charge in [-0.1, -0.05) is 30.3 Å². The zero-order valence-corrected chi connectivity index (χ0v) is 18.1. The number of hydrogen-bond donors (Lipinski definition) is 2. The van der Waals surface area contributed by atoms with Gasteiger partial charge in [0.15, 0.2) is 6.61 Å². The fourth-order valence-corrected chi connectivity index (χ4v) is 2.84. The van der Waals surface area contributed by atoms with Crippen LogP contribution in [0.1, 0.15) is 12.5 Å². The molecule has 7 heteroatoms. The first kappa shape index (κ1) is 23.1. The van der Waals surface area contributed by atoms with Gasteiger partial charge in [-0.05, 0) is 67.1 Å². The highest BCUT2D eigenvalue weighted by molar-refractivity contribution is 6.09. The van der Waals surface area contributed by atoms with E-state index in [1.165, 1.54) is 6.08 Å². The first-order valence-electron chi connectivity index (χ1n) is 10.3. The average molecular weight is 441 g/mol. The average Bonchev–Trinajstić information content (AvgIpc) is 2.84. The maximum atomic E-state index is 12.3. The number of nitrogens with one attached hydrogen (secondary N) is 2. The minimum absolute atomic E-state index is 0.0257. The Morgan fingerprint density at radius 3 is 2.09 bits per heavy atom. The molecule has 0 aromatic heterocycles. The number of benzene rings is 3. The molecule has 2 amide bonds. The lowest BCUT2D eigenvalue weighted by molar-refractivity contribution is -0.118. The standard InChI is InChI=1S/C26H23N3O4/c1-2-32-23-14-10-22(11-15-23)28-25(30)18-33-24-12-8-19(9-13-24)16-20(17-27)26(31)29-21-6-4-3-5-7-21/h3-16H,2,18H2,1H3,(H,28,30)(H,29,31)/b20-16-. The van der Waals surface area contributed by atoms with Gasteiger partial charge in [-0.3, -0.25) is 9.59 Å². The van der Waals surface area contributed by atoms with E-state index in [4.69, 9.17) is 9.47 Å². The van der Waals surface area contributed by atoms with Gasteiger partial charge in [0.2, 0.25) is 0 Å². The molecular weight excluding hydrogens is 418 g/mol. The largest absolute Gasteiger partial charge is 0.494 e. The lowest BCUT2D eigenvalue weighted by Crippen LogP contribution is -2.20. The summed E-state index contributed by atoms with van der Waals surface area (Å²) in [5, 5.41) is 14.8. The Hall–Kier alpha value is -4.57. The van der Waals surface area contributed by atoms with Crippen molar-refractivity contribution in [1.29, 1.82) is 5.26 Å². The van der Waals surface area contributed by atoms with Gasteiger partial charge in [0, 0.05) is 11.4 Å². The van der Waals surface area contributed by atoms with E-state index in [9.17, 15) is 14.9 Å². The van der Waals surface area contributed by atoms with Crippen molar-refractivity contribution in [2.24, 2.45) is 0 Å². The third-order valence-corrected chi connectivity index (χ3v) is 4.41. The fraction of sp³-hybridized carbons (Fsp3) is 0.115. The molecule has 0 radical (unpaired) electrons. The Kier molecular flexibility index (Phi) is 8.21. The normalized spacial score (nSPS) is 10.6. The molecule has 0 saturated carbocycles. The van der Waals surface area contributed by atoms with Crippen LogP contribution in [0.4, 0.5) is 11.4 Å². The Morgan fingerprint density at radius 2 is 1.45 bits per heavy atom. The molecule has 0 saturated heterocycles. The second-order valence-corrected chi connectivity index (χ2v) is 6.85. The lowest BCUT2D eigenvalue weighted by Gasteiger charge is -2.09. The summed E-state index contributed by atoms with van der Waals surface area (Å²) in [7, 11) is 0. The molecule has 0 bridgehead atoms. The zero-order chi connectivity index (χ0) is 23.5. The van der Waals surface area contributed by atoms with Crippen LogP contribution >= 0.6 is 0 Å². The second-order valence-electron chi connectivity index (χ2n) is 6.85. The quantitative estimate of drug-likeness (QED) is 0.372. The van der Waals surface area contributed by atoms with Crippen molar-refractivity contribution < 1.29 is 19.1 Å². The van der Waals surface area contributed by atoms with Crippen LogP contribution in [0.5, 0.6) is 11.5 Å². The number of hydrogen-bond acceptors (Lipinski definition) is 5. The third kappa shape index (κ3) is 7.26. The SMILES string of the molecule is CCOc1ccc(NC(=O)COc2ccc(/C=C(/C#N)C(=O)Nc3ccccc3)cc2)cc1. The fourth-order valence-electron chi connectivity index (χ4n) is 2.84. The van der Waals surface area contributed by atoms with Crippen molar-refractivity contribution in [3.05, 3.63) is 90.0 Å². The number of rotatable bonds is 9. The van der Waals surface area contributed by atoms with E-state index in [1.54, 1.807) is 72.8 Å². The van der Waals surface area contributed by atoms with E-state index in [-0.39, 0.29) is 18.1 Å². The number of para-hydroxylation sites is 1. The number of ether oxygens (including phenoxy) is 2. The minimum Gasteiger partial charge on any atom is -0.494 e. The number of nitrogens with zero attached hydrogens (tertiary/aromatic N) is 1. The first-order valence-corrected chi connectivity index (χ1v) is 10.3. The Morgan fingerprint density at radius 1 is 0.848 bits per heavy atom. The summed E-state index contributed by atoms with van der Waals surface area (Å²) in [5.74, 6) is 0.432. The number of nitriles is 1. The number of carbonyl (C=O) groups excluding carboxylic acids is 2. The molecule has 0 atom stereocenters. The third-order valence-electron chi connectivity index (χ3n) is 4.41. The van der Waals surface area contributed by atoms with E-state index >= 15 is 0 Å². The van der Waals surface area contributed by atoms with Crippen LogP contribution in [0.2, 0.25) is 0 Å². The summed E-state index contributed by atoms with van der Waals surface area (Å²) in [6.45, 7) is 2.32. The first-order chi connectivity index (χ1) is 16.1. The molecule has 0 unspecified atom stereocenters. The van der Waals surface area contributed by atoms with Gasteiger partial charge < -0.3 is 20.1 Å². The summed E-state index contributed by atoms with van der Waals surface area (Å²) in [5.41, 5.74) is 1.88. The zero-order valence-electron chi connectivity index (χ0n) is 18.1. The van der Waals surface area contributed by atoms with E-state index < -0.39 is 5.91 Å². The van der Waals surface area contributed by atoms with Gasteiger partial charge in [0.1, 0.15) is 23.1 Å². The van der Waals surface area contributed by atoms with E-state index in [0.717, 1.165) is 5.75 Å². The summed E-state index contributed by atoms with van der Waals surface area (Å²) in [6, 6.07) is 24.6. The van der Waals surface area contributed by atoms with Gasteiger partial charge in [0.05, 0.1) is 6.61 Å². The minimum atomic E-state index is -0.491. The molecule has 0 aliphatic heterocycles. The summed E-state index contributed by atoms with van der Waals surface area (Å²) in [6.07, 6.45) is 1.49. The van der Waals surface area contributed by atoms with Crippen LogP contribution in [-0.4, -0.2) is 25.0 Å². The number of amides is 2. The van der Waals surface area contributed by atoms with E-state index in [1.807, 2.05) is 19.1 Å². The molecule has 166 valence electrons. The Labute approximate surface area is 192 Å². The highest BCUT2D eigenvalue weighted by Crippen LogP contribution is 2.17. The molecule has 3 aromatic rings. The summed E-state index contributed by atoms with van der Waals surface area (Å²) < 4.78 is 10.9. The van der Waals surface area contributed by atoms with Crippen molar-refractivity contribution in [1.82, 2.24) is 0 Å². The highest BCUT2D eigenvalue weighted by atomic mass is 16.5.